The van der Waals surface area contributed by atoms with Crippen LogP contribution in [0.4, 0.5) is 0 Å². The van der Waals surface area contributed by atoms with E-state index in [1.54, 1.807) is 0 Å². The fraction of sp³-hybridized carbons (Fsp3) is 0.667. The van der Waals surface area contributed by atoms with E-state index in [1.165, 1.54) is 0 Å². The molecule has 1 heterocycles. The van der Waals surface area contributed by atoms with Crippen molar-refractivity contribution in [1.29, 1.82) is 0 Å². The molecule has 0 aromatic rings. The zero-order chi connectivity index (χ0) is 6.53. The summed E-state index contributed by atoms with van der Waals surface area (Å²) in [5, 5.41) is 0. The Labute approximate surface area is 54.2 Å². The molecule has 1 rings (SSSR count). The molecule has 1 fully saturated rings. The van der Waals surface area contributed by atoms with Crippen LogP contribution in [0.2, 0.25) is 0 Å². The molecule has 0 saturated carbocycles. The highest BCUT2D eigenvalue weighted by Crippen LogP contribution is 2.01. The van der Waals surface area contributed by atoms with Crippen LogP contribution in [-0.4, -0.2) is 20.0 Å². The molecule has 0 atom stereocenters. The van der Waals surface area contributed by atoms with Gasteiger partial charge in [-0.15, -0.1) is 0 Å². The number of rotatable bonds is 0. The van der Waals surface area contributed by atoms with E-state index in [9.17, 15) is 0 Å². The van der Waals surface area contributed by atoms with Crippen LogP contribution in [0.3, 0.4) is 0 Å². The van der Waals surface area contributed by atoms with Crippen molar-refractivity contribution < 1.29 is 14.2 Å². The molecule has 9 heavy (non-hydrogen) atoms. The molecular formula is C6H10O3. The van der Waals surface area contributed by atoms with Crippen LogP contribution < -0.4 is 0 Å². The van der Waals surface area contributed by atoms with Gasteiger partial charge in [0.1, 0.15) is 0 Å². The van der Waals surface area contributed by atoms with E-state index in [2.05, 4.69) is 6.58 Å². The van der Waals surface area contributed by atoms with Gasteiger partial charge in [-0.05, 0) is 6.58 Å². The van der Waals surface area contributed by atoms with E-state index in [0.29, 0.717) is 19.2 Å². The molecule has 0 N–H and O–H groups in total. The lowest BCUT2D eigenvalue weighted by molar-refractivity contribution is -0.0971. The van der Waals surface area contributed by atoms with Crippen LogP contribution >= 0.6 is 0 Å². The summed E-state index contributed by atoms with van der Waals surface area (Å²) in [7, 11) is 0. The highest BCUT2D eigenvalue weighted by molar-refractivity contribution is 4.67. The van der Waals surface area contributed by atoms with Crippen molar-refractivity contribution in [1.82, 2.24) is 0 Å². The zero-order valence-corrected chi connectivity index (χ0v) is 5.26. The fourth-order valence-corrected chi connectivity index (χ4v) is 0.555. The first kappa shape index (κ1) is 6.42. The standard InChI is InChI=1S/C6H10O3/c1-6-8-4-2-3-7-5-9-6/h1-5H2. The van der Waals surface area contributed by atoms with Crippen LogP contribution in [-0.2, 0) is 14.2 Å². The van der Waals surface area contributed by atoms with Gasteiger partial charge >= 0.3 is 0 Å². The van der Waals surface area contributed by atoms with Crippen molar-refractivity contribution in [3.05, 3.63) is 12.5 Å². The quantitative estimate of drug-likeness (QED) is 0.487. The maximum Gasteiger partial charge on any atom is 0.273 e. The summed E-state index contributed by atoms with van der Waals surface area (Å²) in [4.78, 5) is 0. The van der Waals surface area contributed by atoms with Gasteiger partial charge in [-0.2, -0.15) is 0 Å². The largest absolute Gasteiger partial charge is 0.466 e. The summed E-state index contributed by atoms with van der Waals surface area (Å²) < 4.78 is 14.8. The Kier molecular flexibility index (Phi) is 2.39. The molecule has 0 radical (unpaired) electrons. The van der Waals surface area contributed by atoms with Gasteiger partial charge < -0.3 is 14.2 Å². The maximum absolute atomic E-state index is 4.99. The minimum Gasteiger partial charge on any atom is -0.466 e. The van der Waals surface area contributed by atoms with E-state index in [0.717, 1.165) is 6.42 Å². The molecule has 0 aromatic carbocycles. The van der Waals surface area contributed by atoms with Crippen LogP contribution in [0.1, 0.15) is 6.42 Å². The molecule has 0 spiro atoms. The molecule has 1 aliphatic heterocycles. The van der Waals surface area contributed by atoms with Gasteiger partial charge in [0.25, 0.3) is 5.95 Å². The molecule has 3 nitrogen and oxygen atoms in total. The van der Waals surface area contributed by atoms with Gasteiger partial charge in [-0.3, -0.25) is 0 Å². The third-order valence-electron chi connectivity index (χ3n) is 0.999. The van der Waals surface area contributed by atoms with Crippen LogP contribution in [0.5, 0.6) is 0 Å². The molecular weight excluding hydrogens is 120 g/mol. The first-order valence-corrected chi connectivity index (χ1v) is 2.92. The summed E-state index contributed by atoms with van der Waals surface area (Å²) in [5.41, 5.74) is 0. The summed E-state index contributed by atoms with van der Waals surface area (Å²) in [5.74, 6) is 0.356. The van der Waals surface area contributed by atoms with E-state index >= 15 is 0 Å². The van der Waals surface area contributed by atoms with Crippen LogP contribution in [0.15, 0.2) is 12.5 Å². The summed E-state index contributed by atoms with van der Waals surface area (Å²) in [6, 6.07) is 0. The maximum atomic E-state index is 4.99. The van der Waals surface area contributed by atoms with Gasteiger partial charge in [-0.25, -0.2) is 0 Å². The van der Waals surface area contributed by atoms with Crippen molar-refractivity contribution >= 4 is 0 Å². The Balaban J connectivity index is 2.20. The molecule has 3 heteroatoms. The van der Waals surface area contributed by atoms with Gasteiger partial charge in [0.15, 0.2) is 6.79 Å². The molecule has 52 valence electrons. The van der Waals surface area contributed by atoms with Gasteiger partial charge in [0.05, 0.1) is 13.2 Å². The molecule has 0 aromatic heterocycles. The van der Waals surface area contributed by atoms with Crippen molar-refractivity contribution in [3.8, 4) is 0 Å². The lowest BCUT2D eigenvalue weighted by Crippen LogP contribution is -2.10. The summed E-state index contributed by atoms with van der Waals surface area (Å²) in [6.45, 7) is 5.09. The van der Waals surface area contributed by atoms with Crippen LogP contribution in [0.25, 0.3) is 0 Å². The Morgan fingerprint density at radius 1 is 1.22 bits per heavy atom. The predicted molar refractivity (Wildman–Crippen MR) is 31.6 cm³/mol. The second-order valence-electron chi connectivity index (χ2n) is 1.74. The molecule has 0 bridgehead atoms. The third kappa shape index (κ3) is 2.37. The van der Waals surface area contributed by atoms with E-state index in [4.69, 9.17) is 14.2 Å². The lowest BCUT2D eigenvalue weighted by atomic mass is 10.5. The van der Waals surface area contributed by atoms with Crippen molar-refractivity contribution in [2.24, 2.45) is 0 Å². The minimum atomic E-state index is 0.263. The molecule has 0 unspecified atom stereocenters. The SMILES string of the molecule is C=C1OCCCOCO1. The Morgan fingerprint density at radius 3 is 3.00 bits per heavy atom. The van der Waals surface area contributed by atoms with Gasteiger partial charge in [0, 0.05) is 6.42 Å². The normalized spacial score (nSPS) is 21.1. The highest BCUT2D eigenvalue weighted by atomic mass is 16.7. The molecule has 0 amide bonds. The number of hydrogen-bond donors (Lipinski definition) is 0. The highest BCUT2D eigenvalue weighted by Gasteiger charge is 1.99. The Hall–Kier alpha value is -0.700. The minimum absolute atomic E-state index is 0.263. The Bertz CT molecular complexity index is 90.5. The molecule has 1 saturated heterocycles. The second kappa shape index (κ2) is 3.35. The van der Waals surface area contributed by atoms with Crippen molar-refractivity contribution in [2.75, 3.05) is 20.0 Å². The second-order valence-corrected chi connectivity index (χ2v) is 1.74. The van der Waals surface area contributed by atoms with Gasteiger partial charge in [-0.1, -0.05) is 0 Å². The predicted octanol–water partition coefficient (Wildman–Crippen LogP) is 0.869. The fourth-order valence-electron chi connectivity index (χ4n) is 0.555. The molecule has 0 aliphatic carbocycles. The first-order chi connectivity index (χ1) is 4.39. The number of ether oxygens (including phenoxy) is 3. The third-order valence-corrected chi connectivity index (χ3v) is 0.999. The van der Waals surface area contributed by atoms with E-state index in [-0.39, 0.29) is 6.79 Å². The summed E-state index contributed by atoms with van der Waals surface area (Å²) >= 11 is 0. The molecule has 1 aliphatic rings. The van der Waals surface area contributed by atoms with Gasteiger partial charge in [0.2, 0.25) is 0 Å². The Morgan fingerprint density at radius 2 is 2.11 bits per heavy atom. The van der Waals surface area contributed by atoms with E-state index < -0.39 is 0 Å². The van der Waals surface area contributed by atoms with Crippen LogP contribution in [0, 0.1) is 0 Å². The van der Waals surface area contributed by atoms with Crippen molar-refractivity contribution in [2.45, 2.75) is 6.42 Å². The number of hydrogen-bond acceptors (Lipinski definition) is 3. The average molecular weight is 130 g/mol. The topological polar surface area (TPSA) is 27.7 Å². The lowest BCUT2D eigenvalue weighted by Gasteiger charge is -2.13. The monoisotopic (exact) mass is 130 g/mol. The zero-order valence-electron chi connectivity index (χ0n) is 5.26. The van der Waals surface area contributed by atoms with Crippen molar-refractivity contribution in [3.63, 3.8) is 0 Å². The smallest absolute Gasteiger partial charge is 0.273 e. The average Bonchev–Trinajstić information content (AvgIpc) is 1.79. The summed E-state index contributed by atoms with van der Waals surface area (Å²) in [6.07, 6.45) is 0.905. The van der Waals surface area contributed by atoms with E-state index in [1.807, 2.05) is 0 Å². The first-order valence-electron chi connectivity index (χ1n) is 2.92.